The number of aryl methyl sites for hydroxylation is 1. The minimum absolute atomic E-state index is 0.170. The summed E-state index contributed by atoms with van der Waals surface area (Å²) in [4.78, 5) is 13.3. The van der Waals surface area contributed by atoms with Gasteiger partial charge in [-0.1, -0.05) is 17.7 Å². The van der Waals surface area contributed by atoms with E-state index in [0.29, 0.717) is 5.56 Å². The third kappa shape index (κ3) is 3.89. The molecule has 0 saturated carbocycles. The SMILES string of the molecule is C=C(C)C[C@@H](c1ccc(C)c([N+](=O)[O-])c1)N1CCNCC1. The fourth-order valence-electron chi connectivity index (χ4n) is 2.81. The number of rotatable bonds is 5. The van der Waals surface area contributed by atoms with Gasteiger partial charge in [0, 0.05) is 43.9 Å². The summed E-state index contributed by atoms with van der Waals surface area (Å²) >= 11 is 0. The molecule has 0 spiro atoms. The van der Waals surface area contributed by atoms with Crippen molar-refractivity contribution in [2.75, 3.05) is 26.2 Å². The molecular weight excluding hydrogens is 266 g/mol. The van der Waals surface area contributed by atoms with Crippen molar-refractivity contribution in [3.05, 3.63) is 51.6 Å². The van der Waals surface area contributed by atoms with E-state index in [-0.39, 0.29) is 16.7 Å². The molecule has 114 valence electrons. The van der Waals surface area contributed by atoms with Crippen LogP contribution in [0, 0.1) is 17.0 Å². The van der Waals surface area contributed by atoms with Gasteiger partial charge in [0.2, 0.25) is 0 Å². The summed E-state index contributed by atoms with van der Waals surface area (Å²) in [7, 11) is 0. The molecule has 5 heteroatoms. The van der Waals surface area contributed by atoms with Crippen LogP contribution in [0.1, 0.15) is 30.5 Å². The van der Waals surface area contributed by atoms with Crippen molar-refractivity contribution in [2.24, 2.45) is 0 Å². The van der Waals surface area contributed by atoms with Crippen LogP contribution in [-0.4, -0.2) is 36.0 Å². The molecule has 1 heterocycles. The molecule has 0 amide bonds. The Kier molecular flexibility index (Phi) is 5.09. The largest absolute Gasteiger partial charge is 0.314 e. The van der Waals surface area contributed by atoms with Crippen molar-refractivity contribution in [1.82, 2.24) is 10.2 Å². The molecule has 0 aliphatic carbocycles. The van der Waals surface area contributed by atoms with Crippen LogP contribution in [0.15, 0.2) is 30.4 Å². The molecular formula is C16H23N3O2. The monoisotopic (exact) mass is 289 g/mol. The summed E-state index contributed by atoms with van der Waals surface area (Å²) in [5.74, 6) is 0. The highest BCUT2D eigenvalue weighted by Crippen LogP contribution is 2.31. The second-order valence-electron chi connectivity index (χ2n) is 5.77. The highest BCUT2D eigenvalue weighted by atomic mass is 16.6. The lowest BCUT2D eigenvalue weighted by atomic mass is 9.96. The van der Waals surface area contributed by atoms with Crippen molar-refractivity contribution in [3.8, 4) is 0 Å². The lowest BCUT2D eigenvalue weighted by Crippen LogP contribution is -2.45. The first kappa shape index (κ1) is 15.7. The first-order valence-electron chi connectivity index (χ1n) is 7.33. The molecule has 1 aliphatic rings. The van der Waals surface area contributed by atoms with Crippen LogP contribution in [0.5, 0.6) is 0 Å². The summed E-state index contributed by atoms with van der Waals surface area (Å²) in [6.45, 7) is 11.6. The van der Waals surface area contributed by atoms with Gasteiger partial charge in [-0.25, -0.2) is 0 Å². The predicted octanol–water partition coefficient (Wildman–Crippen LogP) is 2.82. The summed E-state index contributed by atoms with van der Waals surface area (Å²) in [6, 6.07) is 5.76. The third-order valence-corrected chi connectivity index (χ3v) is 3.95. The number of nitrogens with one attached hydrogen (secondary N) is 1. The van der Waals surface area contributed by atoms with Crippen LogP contribution < -0.4 is 5.32 Å². The van der Waals surface area contributed by atoms with E-state index in [1.165, 1.54) is 0 Å². The number of benzene rings is 1. The standard InChI is InChI=1S/C16H23N3O2/c1-12(2)10-16(18-8-6-17-7-9-18)14-5-4-13(3)15(11-14)19(20)21/h4-5,11,16-17H,1,6-10H2,2-3H3/t16-/m0/s1. The quantitative estimate of drug-likeness (QED) is 0.514. The molecule has 1 aromatic rings. The number of nitro groups is 1. The number of hydrogen-bond donors (Lipinski definition) is 1. The van der Waals surface area contributed by atoms with E-state index in [1.807, 2.05) is 19.1 Å². The summed E-state index contributed by atoms with van der Waals surface area (Å²) in [6.07, 6.45) is 0.834. The molecule has 1 saturated heterocycles. The second kappa shape index (κ2) is 6.83. The van der Waals surface area contributed by atoms with E-state index in [2.05, 4.69) is 16.8 Å². The van der Waals surface area contributed by atoms with Crippen molar-refractivity contribution >= 4 is 5.69 Å². The molecule has 1 aromatic carbocycles. The molecule has 1 fully saturated rings. The molecule has 5 nitrogen and oxygen atoms in total. The van der Waals surface area contributed by atoms with Crippen molar-refractivity contribution in [1.29, 1.82) is 0 Å². The van der Waals surface area contributed by atoms with Gasteiger partial charge in [0.25, 0.3) is 5.69 Å². The lowest BCUT2D eigenvalue weighted by molar-refractivity contribution is -0.385. The van der Waals surface area contributed by atoms with E-state index in [9.17, 15) is 10.1 Å². The summed E-state index contributed by atoms with van der Waals surface area (Å²) in [5.41, 5.74) is 3.02. The number of nitrogens with zero attached hydrogens (tertiary/aromatic N) is 2. The maximum Gasteiger partial charge on any atom is 0.272 e. The van der Waals surface area contributed by atoms with Gasteiger partial charge < -0.3 is 5.32 Å². The molecule has 0 bridgehead atoms. The lowest BCUT2D eigenvalue weighted by Gasteiger charge is -2.35. The van der Waals surface area contributed by atoms with Crippen LogP contribution in [-0.2, 0) is 0 Å². The van der Waals surface area contributed by atoms with Gasteiger partial charge in [0.15, 0.2) is 0 Å². The van der Waals surface area contributed by atoms with Crippen LogP contribution in [0.4, 0.5) is 5.69 Å². The predicted molar refractivity (Wildman–Crippen MR) is 84.4 cm³/mol. The molecule has 1 atom stereocenters. The Balaban J connectivity index is 2.33. The minimum Gasteiger partial charge on any atom is -0.314 e. The average molecular weight is 289 g/mol. The normalized spacial score (nSPS) is 17.4. The van der Waals surface area contributed by atoms with Gasteiger partial charge in [-0.15, -0.1) is 6.58 Å². The number of nitro benzene ring substituents is 1. The number of piperazine rings is 1. The fourth-order valence-corrected chi connectivity index (χ4v) is 2.81. The van der Waals surface area contributed by atoms with E-state index < -0.39 is 0 Å². The fraction of sp³-hybridized carbons (Fsp3) is 0.500. The van der Waals surface area contributed by atoms with Gasteiger partial charge in [-0.05, 0) is 25.8 Å². The molecule has 1 aliphatic heterocycles. The molecule has 0 unspecified atom stereocenters. The third-order valence-electron chi connectivity index (χ3n) is 3.95. The Bertz CT molecular complexity index is 536. The van der Waals surface area contributed by atoms with E-state index >= 15 is 0 Å². The second-order valence-corrected chi connectivity index (χ2v) is 5.77. The van der Waals surface area contributed by atoms with Gasteiger partial charge in [0.05, 0.1) is 4.92 Å². The zero-order chi connectivity index (χ0) is 15.4. The van der Waals surface area contributed by atoms with E-state index in [0.717, 1.165) is 43.7 Å². The highest BCUT2D eigenvalue weighted by molar-refractivity contribution is 5.43. The minimum atomic E-state index is -0.297. The first-order chi connectivity index (χ1) is 9.99. The summed E-state index contributed by atoms with van der Waals surface area (Å²) in [5, 5.41) is 14.5. The van der Waals surface area contributed by atoms with Crippen LogP contribution in [0.2, 0.25) is 0 Å². The molecule has 1 N–H and O–H groups in total. The van der Waals surface area contributed by atoms with E-state index in [4.69, 9.17) is 0 Å². The maximum absolute atomic E-state index is 11.2. The Hall–Kier alpha value is -1.72. The van der Waals surface area contributed by atoms with Crippen molar-refractivity contribution in [2.45, 2.75) is 26.3 Å². The van der Waals surface area contributed by atoms with Gasteiger partial charge in [-0.3, -0.25) is 15.0 Å². The zero-order valence-electron chi connectivity index (χ0n) is 12.8. The van der Waals surface area contributed by atoms with Crippen LogP contribution in [0.25, 0.3) is 0 Å². The molecule has 21 heavy (non-hydrogen) atoms. The van der Waals surface area contributed by atoms with Crippen LogP contribution >= 0.6 is 0 Å². The Morgan fingerprint density at radius 2 is 2.14 bits per heavy atom. The maximum atomic E-state index is 11.2. The van der Waals surface area contributed by atoms with Gasteiger partial charge >= 0.3 is 0 Å². The van der Waals surface area contributed by atoms with Gasteiger partial charge in [-0.2, -0.15) is 0 Å². The zero-order valence-corrected chi connectivity index (χ0v) is 12.8. The first-order valence-corrected chi connectivity index (χ1v) is 7.33. The van der Waals surface area contributed by atoms with Gasteiger partial charge in [0.1, 0.15) is 0 Å². The van der Waals surface area contributed by atoms with Crippen molar-refractivity contribution < 1.29 is 4.92 Å². The van der Waals surface area contributed by atoms with E-state index in [1.54, 1.807) is 13.0 Å². The summed E-state index contributed by atoms with van der Waals surface area (Å²) < 4.78 is 0. The Labute approximate surface area is 125 Å². The Morgan fingerprint density at radius 3 is 2.71 bits per heavy atom. The molecule has 2 rings (SSSR count). The van der Waals surface area contributed by atoms with Crippen molar-refractivity contribution in [3.63, 3.8) is 0 Å². The average Bonchev–Trinajstić information content (AvgIpc) is 2.46. The Morgan fingerprint density at radius 1 is 1.48 bits per heavy atom. The van der Waals surface area contributed by atoms with Crippen LogP contribution in [0.3, 0.4) is 0 Å². The molecule has 0 radical (unpaired) electrons. The highest BCUT2D eigenvalue weighted by Gasteiger charge is 2.24. The molecule has 0 aromatic heterocycles. The smallest absolute Gasteiger partial charge is 0.272 e. The number of hydrogen-bond acceptors (Lipinski definition) is 4. The topological polar surface area (TPSA) is 58.4 Å².